The highest BCUT2D eigenvalue weighted by Crippen LogP contribution is 2.51. The predicted molar refractivity (Wildman–Crippen MR) is 199 cm³/mol. The van der Waals surface area contributed by atoms with Gasteiger partial charge in [0.2, 0.25) is 11.8 Å². The maximum atomic E-state index is 13.6. The third kappa shape index (κ3) is 7.79. The molecule has 4 aromatic rings. The largest absolute Gasteiger partial charge is 0.496 e. The fraction of sp³-hybridized carbons (Fsp3) is 0.243. The van der Waals surface area contributed by atoms with E-state index in [0.29, 0.717) is 50.5 Å². The number of ether oxygens (including phenoxy) is 2. The van der Waals surface area contributed by atoms with Gasteiger partial charge in [0.25, 0.3) is 0 Å². The van der Waals surface area contributed by atoms with Crippen LogP contribution in [0.5, 0.6) is 11.5 Å². The summed E-state index contributed by atoms with van der Waals surface area (Å²) >= 11 is 14.8. The summed E-state index contributed by atoms with van der Waals surface area (Å²) < 4.78 is 11.5. The maximum Gasteiger partial charge on any atom is 0.305 e. The molecule has 2 N–H and O–H groups in total. The van der Waals surface area contributed by atoms with Crippen LogP contribution >= 0.6 is 46.7 Å². The Balaban J connectivity index is 1.36. The van der Waals surface area contributed by atoms with Gasteiger partial charge in [0.05, 0.1) is 37.6 Å². The third-order valence-electron chi connectivity index (χ3n) is 8.54. The normalized spacial score (nSPS) is 20.2. The zero-order valence-corrected chi connectivity index (χ0v) is 30.5. The number of carbonyl (C=O) groups excluding carboxylic acids is 2. The van der Waals surface area contributed by atoms with E-state index < -0.39 is 33.2 Å². The van der Waals surface area contributed by atoms with E-state index in [0.717, 1.165) is 11.1 Å². The van der Waals surface area contributed by atoms with Crippen LogP contribution in [0, 0.1) is 0 Å². The predicted octanol–water partition coefficient (Wildman–Crippen LogP) is 7.85. The van der Waals surface area contributed by atoms with Crippen molar-refractivity contribution in [2.75, 3.05) is 24.0 Å². The molecule has 2 amide bonds. The van der Waals surface area contributed by atoms with Crippen LogP contribution in [-0.2, 0) is 25.6 Å². The van der Waals surface area contributed by atoms with Gasteiger partial charge in [-0.3, -0.25) is 29.0 Å². The van der Waals surface area contributed by atoms with Crippen molar-refractivity contribution in [1.82, 2.24) is 0 Å². The Morgan fingerprint density at radius 1 is 0.647 bits per heavy atom. The number of carboxylic acid groups (broad SMARTS) is 2. The van der Waals surface area contributed by atoms with Gasteiger partial charge in [-0.15, -0.1) is 23.5 Å². The summed E-state index contributed by atoms with van der Waals surface area (Å²) in [4.78, 5) is 53.9. The Morgan fingerprint density at radius 3 is 1.35 bits per heavy atom. The highest BCUT2D eigenvalue weighted by atomic mass is 35.5. The number of carboxylic acids is 2. The van der Waals surface area contributed by atoms with Gasteiger partial charge in [0.1, 0.15) is 22.2 Å². The number of hydrogen-bond donors (Lipinski definition) is 2. The molecule has 2 fully saturated rings. The molecule has 4 atom stereocenters. The maximum absolute atomic E-state index is 13.6. The average molecular weight is 768 g/mol. The average Bonchev–Trinajstić information content (AvgIpc) is 3.59. The van der Waals surface area contributed by atoms with Crippen LogP contribution in [0.4, 0.5) is 11.4 Å². The molecule has 4 aromatic carbocycles. The zero-order chi connectivity index (χ0) is 36.4. The van der Waals surface area contributed by atoms with Crippen LogP contribution in [0.3, 0.4) is 0 Å². The number of aliphatic carboxylic acids is 2. The SMILES string of the molecule is COc1ccc(Cc2ccc(OC)c(C3SC(CC(=O)O)C(=O)N3c3ccc(Cl)cc3)c2)cc1C1SC(CC(=O)O)C(=O)N1c1ccc(Cl)cc1. The van der Waals surface area contributed by atoms with Gasteiger partial charge in [-0.1, -0.05) is 35.3 Å². The van der Waals surface area contributed by atoms with Crippen LogP contribution in [0.2, 0.25) is 10.0 Å². The quantitative estimate of drug-likeness (QED) is 0.147. The summed E-state index contributed by atoms with van der Waals surface area (Å²) in [6, 6.07) is 25.0. The minimum absolute atomic E-state index is 0.322. The molecule has 0 aromatic heterocycles. The number of carbonyl (C=O) groups is 4. The number of hydrogen-bond acceptors (Lipinski definition) is 8. The number of halogens is 2. The van der Waals surface area contributed by atoms with Crippen LogP contribution in [0.25, 0.3) is 0 Å². The fourth-order valence-electron chi connectivity index (χ4n) is 6.24. The monoisotopic (exact) mass is 766 g/mol. The second kappa shape index (κ2) is 15.5. The molecule has 0 saturated carbocycles. The molecule has 0 bridgehead atoms. The number of rotatable bonds is 12. The Hall–Kier alpha value is -4.36. The van der Waals surface area contributed by atoms with E-state index in [4.69, 9.17) is 32.7 Å². The Morgan fingerprint density at radius 2 is 1.02 bits per heavy atom. The minimum Gasteiger partial charge on any atom is -0.496 e. The molecule has 51 heavy (non-hydrogen) atoms. The lowest BCUT2D eigenvalue weighted by Crippen LogP contribution is -2.32. The van der Waals surface area contributed by atoms with Crippen molar-refractivity contribution in [2.45, 2.75) is 40.5 Å². The molecule has 0 radical (unpaired) electrons. The van der Waals surface area contributed by atoms with Crippen molar-refractivity contribution in [3.63, 3.8) is 0 Å². The number of thioether (sulfide) groups is 2. The van der Waals surface area contributed by atoms with Crippen molar-refractivity contribution in [1.29, 1.82) is 0 Å². The van der Waals surface area contributed by atoms with Crippen molar-refractivity contribution in [2.24, 2.45) is 0 Å². The number of anilines is 2. The van der Waals surface area contributed by atoms with Gasteiger partial charge in [-0.2, -0.15) is 0 Å². The van der Waals surface area contributed by atoms with Crippen molar-refractivity contribution in [3.8, 4) is 11.5 Å². The van der Waals surface area contributed by atoms with Gasteiger partial charge in [-0.25, -0.2) is 0 Å². The number of methoxy groups -OCH3 is 2. The number of benzene rings is 4. The first-order valence-corrected chi connectivity index (χ1v) is 18.4. The molecule has 4 unspecified atom stereocenters. The zero-order valence-electron chi connectivity index (χ0n) is 27.3. The van der Waals surface area contributed by atoms with E-state index >= 15 is 0 Å². The summed E-state index contributed by atoms with van der Waals surface area (Å²) in [7, 11) is 3.09. The summed E-state index contributed by atoms with van der Waals surface area (Å²) in [5.74, 6) is -1.70. The molecule has 2 aliphatic heterocycles. The van der Waals surface area contributed by atoms with Crippen LogP contribution < -0.4 is 19.3 Å². The van der Waals surface area contributed by atoms with Crippen molar-refractivity contribution < 1.29 is 38.9 Å². The first kappa shape index (κ1) is 36.4. The molecule has 2 heterocycles. The summed E-state index contributed by atoms with van der Waals surface area (Å²) in [5, 5.41) is 17.4. The second-order valence-corrected chi connectivity index (χ2v) is 15.3. The minimum atomic E-state index is -1.07. The smallest absolute Gasteiger partial charge is 0.305 e. The Labute approximate surface area is 312 Å². The molecule has 10 nitrogen and oxygen atoms in total. The first-order valence-electron chi connectivity index (χ1n) is 15.7. The van der Waals surface area contributed by atoms with Gasteiger partial charge >= 0.3 is 11.9 Å². The molecular weight excluding hydrogens is 735 g/mol. The third-order valence-corrected chi connectivity index (χ3v) is 11.9. The Bertz CT molecular complexity index is 1840. The first-order chi connectivity index (χ1) is 24.5. The second-order valence-electron chi connectivity index (χ2n) is 11.8. The Kier molecular flexibility index (Phi) is 11.1. The number of amides is 2. The molecule has 264 valence electrons. The van der Waals surface area contributed by atoms with Gasteiger partial charge in [0, 0.05) is 32.5 Å². The van der Waals surface area contributed by atoms with E-state index in [1.165, 1.54) is 23.5 Å². The lowest BCUT2D eigenvalue weighted by Gasteiger charge is -2.26. The van der Waals surface area contributed by atoms with Crippen molar-refractivity contribution in [3.05, 3.63) is 117 Å². The molecule has 0 spiro atoms. The highest BCUT2D eigenvalue weighted by molar-refractivity contribution is 8.01. The van der Waals surface area contributed by atoms with E-state index in [1.807, 2.05) is 36.4 Å². The summed E-state index contributed by atoms with van der Waals surface area (Å²) in [6.07, 6.45) is -0.213. The highest BCUT2D eigenvalue weighted by Gasteiger charge is 2.45. The van der Waals surface area contributed by atoms with E-state index in [1.54, 1.807) is 72.6 Å². The standard InChI is InChI=1S/C37H32Cl2N2O8S2/c1-48-28-13-3-20(16-26(28)36-40(24-9-5-22(38)6-10-24)34(46)30(50-36)18-32(42)43)15-21-4-14-29(49-2)27(17-21)37-41(25-11-7-23(39)8-12-25)35(47)31(51-37)19-33(44)45/h3-14,16-17,30-31,36-37H,15,18-19H2,1-2H3,(H,42,43)(H,44,45). The molecular formula is C37H32Cl2N2O8S2. The van der Waals surface area contributed by atoms with Crippen LogP contribution in [0.1, 0.15) is 45.8 Å². The molecule has 0 aliphatic carbocycles. The summed E-state index contributed by atoms with van der Waals surface area (Å²) in [5.41, 5.74) is 4.34. The molecule has 6 rings (SSSR count). The molecule has 2 saturated heterocycles. The fourth-order valence-corrected chi connectivity index (χ4v) is 9.41. The van der Waals surface area contributed by atoms with E-state index in [9.17, 15) is 29.4 Å². The lowest BCUT2D eigenvalue weighted by atomic mass is 9.99. The van der Waals surface area contributed by atoms with Gasteiger partial charge in [-0.05, 0) is 90.3 Å². The topological polar surface area (TPSA) is 134 Å². The van der Waals surface area contributed by atoms with E-state index in [-0.39, 0.29) is 24.7 Å². The summed E-state index contributed by atoms with van der Waals surface area (Å²) in [6.45, 7) is 0. The molecule has 2 aliphatic rings. The molecule has 14 heteroatoms. The van der Waals surface area contributed by atoms with Crippen molar-refractivity contribution >= 4 is 81.9 Å². The van der Waals surface area contributed by atoms with Crippen LogP contribution in [-0.4, -0.2) is 58.7 Å². The van der Waals surface area contributed by atoms with E-state index in [2.05, 4.69) is 0 Å². The van der Waals surface area contributed by atoms with Crippen LogP contribution in [0.15, 0.2) is 84.9 Å². The van der Waals surface area contributed by atoms with Gasteiger partial charge < -0.3 is 19.7 Å². The lowest BCUT2D eigenvalue weighted by molar-refractivity contribution is -0.138. The number of nitrogens with zero attached hydrogens (tertiary/aromatic N) is 2. The van der Waals surface area contributed by atoms with Gasteiger partial charge in [0.15, 0.2) is 0 Å².